The van der Waals surface area contributed by atoms with Crippen molar-refractivity contribution in [1.29, 1.82) is 0 Å². The zero-order valence-corrected chi connectivity index (χ0v) is 12.9. The number of ketones is 1. The Morgan fingerprint density at radius 1 is 1.00 bits per heavy atom. The van der Waals surface area contributed by atoms with Crippen LogP contribution < -0.4 is 9.47 Å². The maximum Gasteiger partial charge on any atom is 0.167 e. The van der Waals surface area contributed by atoms with Gasteiger partial charge in [0, 0.05) is 12.0 Å². The van der Waals surface area contributed by atoms with Crippen molar-refractivity contribution in [3.63, 3.8) is 0 Å². The van der Waals surface area contributed by atoms with Crippen molar-refractivity contribution in [1.82, 2.24) is 0 Å². The lowest BCUT2D eigenvalue weighted by atomic mass is 9.96. The number of hydrogen-bond donors (Lipinski definition) is 0. The third-order valence-electron chi connectivity index (χ3n) is 3.72. The average molecular weight is 284 g/mol. The fourth-order valence-electron chi connectivity index (χ4n) is 2.32. The van der Waals surface area contributed by atoms with Crippen molar-refractivity contribution < 1.29 is 14.3 Å². The van der Waals surface area contributed by atoms with Crippen LogP contribution in [-0.2, 0) is 6.42 Å². The van der Waals surface area contributed by atoms with Crippen molar-refractivity contribution in [3.05, 3.63) is 58.7 Å². The largest absolute Gasteiger partial charge is 0.493 e. The number of Topliss-reactive ketones (excluding diaryl/α,β-unsaturated/α-hetero) is 1. The van der Waals surface area contributed by atoms with Crippen LogP contribution in [-0.4, -0.2) is 20.0 Å². The van der Waals surface area contributed by atoms with Gasteiger partial charge in [0.2, 0.25) is 0 Å². The Hall–Kier alpha value is -2.29. The number of methoxy groups -OCH3 is 2. The van der Waals surface area contributed by atoms with Crippen LogP contribution >= 0.6 is 0 Å². The molecule has 0 unspecified atom stereocenters. The first-order chi connectivity index (χ1) is 10.1. The summed E-state index contributed by atoms with van der Waals surface area (Å²) in [6, 6.07) is 11.4. The van der Waals surface area contributed by atoms with E-state index in [9.17, 15) is 4.79 Å². The maximum atomic E-state index is 12.5. The van der Waals surface area contributed by atoms with Gasteiger partial charge in [-0.05, 0) is 42.7 Å². The minimum atomic E-state index is 0.114. The van der Waals surface area contributed by atoms with Gasteiger partial charge >= 0.3 is 0 Å². The second-order valence-corrected chi connectivity index (χ2v) is 5.04. The molecule has 3 nitrogen and oxygen atoms in total. The first-order valence-electron chi connectivity index (χ1n) is 6.87. The van der Waals surface area contributed by atoms with Crippen molar-refractivity contribution in [2.75, 3.05) is 14.2 Å². The molecule has 2 aromatic carbocycles. The van der Waals surface area contributed by atoms with E-state index in [-0.39, 0.29) is 5.78 Å². The molecule has 0 spiro atoms. The Balaban J connectivity index is 2.25. The van der Waals surface area contributed by atoms with Crippen LogP contribution in [0.5, 0.6) is 11.5 Å². The molecular weight excluding hydrogens is 264 g/mol. The summed E-state index contributed by atoms with van der Waals surface area (Å²) >= 11 is 0. The molecule has 0 aromatic heterocycles. The van der Waals surface area contributed by atoms with Crippen LogP contribution in [0, 0.1) is 13.8 Å². The zero-order valence-electron chi connectivity index (χ0n) is 12.9. The summed E-state index contributed by atoms with van der Waals surface area (Å²) in [4.78, 5) is 12.5. The number of benzene rings is 2. The Morgan fingerprint density at radius 2 is 1.71 bits per heavy atom. The van der Waals surface area contributed by atoms with Crippen LogP contribution in [0.2, 0.25) is 0 Å². The lowest BCUT2D eigenvalue weighted by Gasteiger charge is -2.10. The second kappa shape index (κ2) is 6.44. The molecule has 0 radical (unpaired) electrons. The third kappa shape index (κ3) is 3.24. The van der Waals surface area contributed by atoms with E-state index in [4.69, 9.17) is 9.47 Å². The molecule has 0 atom stereocenters. The van der Waals surface area contributed by atoms with E-state index < -0.39 is 0 Å². The number of carbonyl (C=O) groups excluding carboxylic acids is 1. The van der Waals surface area contributed by atoms with E-state index in [1.165, 1.54) is 0 Å². The molecule has 0 fully saturated rings. The van der Waals surface area contributed by atoms with Gasteiger partial charge in [-0.1, -0.05) is 24.3 Å². The first-order valence-corrected chi connectivity index (χ1v) is 6.87. The molecule has 0 saturated heterocycles. The minimum absolute atomic E-state index is 0.114. The topological polar surface area (TPSA) is 35.5 Å². The number of carbonyl (C=O) groups is 1. The molecule has 0 aliphatic rings. The van der Waals surface area contributed by atoms with E-state index in [1.807, 2.05) is 50.2 Å². The van der Waals surface area contributed by atoms with Crippen molar-refractivity contribution in [2.24, 2.45) is 0 Å². The molecular formula is C18H20O3. The standard InChI is InChI=1S/C18H20O3/c1-12-6-5-7-15(13(12)2)16(19)10-14-8-9-17(20-3)18(11-14)21-4/h5-9,11H,10H2,1-4H3. The fraction of sp³-hybridized carbons (Fsp3) is 0.278. The minimum Gasteiger partial charge on any atom is -0.493 e. The van der Waals surface area contributed by atoms with E-state index in [1.54, 1.807) is 14.2 Å². The molecule has 0 bridgehead atoms. The van der Waals surface area contributed by atoms with Gasteiger partial charge < -0.3 is 9.47 Å². The van der Waals surface area contributed by atoms with Gasteiger partial charge in [-0.2, -0.15) is 0 Å². The molecule has 0 heterocycles. The molecule has 2 aromatic rings. The molecule has 0 saturated carbocycles. The van der Waals surface area contributed by atoms with Gasteiger partial charge in [-0.25, -0.2) is 0 Å². The summed E-state index contributed by atoms with van der Waals surface area (Å²) in [5.74, 6) is 1.42. The zero-order chi connectivity index (χ0) is 15.4. The van der Waals surface area contributed by atoms with Crippen molar-refractivity contribution in [3.8, 4) is 11.5 Å². The lowest BCUT2D eigenvalue weighted by molar-refractivity contribution is 0.0992. The number of aryl methyl sites for hydroxylation is 1. The maximum absolute atomic E-state index is 12.5. The highest BCUT2D eigenvalue weighted by Crippen LogP contribution is 2.28. The van der Waals surface area contributed by atoms with Crippen LogP contribution in [0.15, 0.2) is 36.4 Å². The summed E-state index contributed by atoms with van der Waals surface area (Å²) in [6.45, 7) is 4.00. The van der Waals surface area contributed by atoms with E-state index in [2.05, 4.69) is 0 Å². The number of ether oxygens (including phenoxy) is 2. The van der Waals surface area contributed by atoms with Crippen molar-refractivity contribution in [2.45, 2.75) is 20.3 Å². The normalized spacial score (nSPS) is 10.3. The van der Waals surface area contributed by atoms with Crippen molar-refractivity contribution >= 4 is 5.78 Å². The van der Waals surface area contributed by atoms with E-state index >= 15 is 0 Å². The predicted molar refractivity (Wildman–Crippen MR) is 83.5 cm³/mol. The highest BCUT2D eigenvalue weighted by molar-refractivity contribution is 5.99. The first kappa shape index (κ1) is 15.1. The smallest absolute Gasteiger partial charge is 0.167 e. The number of hydrogen-bond acceptors (Lipinski definition) is 3. The molecule has 0 amide bonds. The molecule has 3 heteroatoms. The van der Waals surface area contributed by atoms with E-state index in [0.29, 0.717) is 17.9 Å². The molecule has 2 rings (SSSR count). The highest BCUT2D eigenvalue weighted by Gasteiger charge is 2.12. The lowest BCUT2D eigenvalue weighted by Crippen LogP contribution is -2.07. The quantitative estimate of drug-likeness (QED) is 0.784. The van der Waals surface area contributed by atoms with Gasteiger partial charge in [-0.15, -0.1) is 0 Å². The molecule has 21 heavy (non-hydrogen) atoms. The summed E-state index contributed by atoms with van der Waals surface area (Å²) < 4.78 is 10.5. The number of rotatable bonds is 5. The summed E-state index contributed by atoms with van der Waals surface area (Å²) in [5, 5.41) is 0. The van der Waals surface area contributed by atoms with Gasteiger partial charge in [-0.3, -0.25) is 4.79 Å². The molecule has 0 N–H and O–H groups in total. The molecule has 110 valence electrons. The molecule has 0 aliphatic heterocycles. The van der Waals surface area contributed by atoms with Crippen LogP contribution in [0.1, 0.15) is 27.0 Å². The van der Waals surface area contributed by atoms with Crippen LogP contribution in [0.25, 0.3) is 0 Å². The second-order valence-electron chi connectivity index (χ2n) is 5.04. The SMILES string of the molecule is COc1ccc(CC(=O)c2cccc(C)c2C)cc1OC. The molecule has 0 aliphatic carbocycles. The van der Waals surface area contributed by atoms with Crippen LogP contribution in [0.3, 0.4) is 0 Å². The summed E-state index contributed by atoms with van der Waals surface area (Å²) in [6.07, 6.45) is 0.352. The van der Waals surface area contributed by atoms with Gasteiger partial charge in [0.15, 0.2) is 17.3 Å². The van der Waals surface area contributed by atoms with E-state index in [0.717, 1.165) is 22.3 Å². The predicted octanol–water partition coefficient (Wildman–Crippen LogP) is 3.75. The fourth-order valence-corrected chi connectivity index (χ4v) is 2.32. The Bertz CT molecular complexity index is 660. The Labute approximate surface area is 125 Å². The monoisotopic (exact) mass is 284 g/mol. The van der Waals surface area contributed by atoms with Crippen LogP contribution in [0.4, 0.5) is 0 Å². The Kier molecular flexibility index (Phi) is 4.63. The summed E-state index contributed by atoms with van der Waals surface area (Å²) in [5.41, 5.74) is 3.87. The van der Waals surface area contributed by atoms with Gasteiger partial charge in [0.25, 0.3) is 0 Å². The Morgan fingerprint density at radius 3 is 2.38 bits per heavy atom. The average Bonchev–Trinajstić information content (AvgIpc) is 2.49. The third-order valence-corrected chi connectivity index (χ3v) is 3.72. The van der Waals surface area contributed by atoms with Gasteiger partial charge in [0.1, 0.15) is 0 Å². The van der Waals surface area contributed by atoms with Gasteiger partial charge in [0.05, 0.1) is 14.2 Å². The summed E-state index contributed by atoms with van der Waals surface area (Å²) in [7, 11) is 3.19. The highest BCUT2D eigenvalue weighted by atomic mass is 16.5.